The monoisotopic (exact) mass is 314 g/mol. The number of allylic oxidation sites excluding steroid dienone is 2. The number of carboxylic acids is 1. The summed E-state index contributed by atoms with van der Waals surface area (Å²) in [7, 11) is 0. The summed E-state index contributed by atoms with van der Waals surface area (Å²) in [5.74, 6) is 0.155. The maximum atomic E-state index is 11.8. The number of carboxylic acid groups (broad SMARTS) is 1. The maximum Gasteiger partial charge on any atom is 0.331 e. The molecule has 0 amide bonds. The largest absolute Gasteiger partial charge is 0.478 e. The summed E-state index contributed by atoms with van der Waals surface area (Å²) in [4.78, 5) is 11.8. The Balaban J connectivity index is 1.99. The lowest BCUT2D eigenvalue weighted by atomic mass is 9.47. The van der Waals surface area contributed by atoms with Crippen molar-refractivity contribution >= 4 is 12.0 Å². The number of furan rings is 1. The van der Waals surface area contributed by atoms with E-state index in [2.05, 4.69) is 32.9 Å². The van der Waals surface area contributed by atoms with Crippen LogP contribution in [0.15, 0.2) is 40.7 Å². The molecule has 3 nitrogen and oxygen atoms in total. The summed E-state index contributed by atoms with van der Waals surface area (Å²) >= 11 is 0. The number of hydrogen-bond donors (Lipinski definition) is 1. The van der Waals surface area contributed by atoms with Crippen LogP contribution >= 0.6 is 0 Å². The zero-order valence-electron chi connectivity index (χ0n) is 14.2. The van der Waals surface area contributed by atoms with Crippen LogP contribution in [-0.2, 0) is 4.79 Å². The predicted octanol–water partition coefficient (Wildman–Crippen LogP) is 5.16. The topological polar surface area (TPSA) is 50.4 Å². The maximum absolute atomic E-state index is 11.8. The van der Waals surface area contributed by atoms with Crippen molar-refractivity contribution in [1.82, 2.24) is 0 Å². The first-order valence-electron chi connectivity index (χ1n) is 8.53. The Hall–Kier alpha value is -1.77. The molecule has 2 aliphatic rings. The van der Waals surface area contributed by atoms with Gasteiger partial charge in [-0.15, -0.1) is 0 Å². The summed E-state index contributed by atoms with van der Waals surface area (Å²) < 4.78 is 5.15. The molecule has 0 saturated heterocycles. The molecule has 23 heavy (non-hydrogen) atoms. The third-order valence-electron chi connectivity index (χ3n) is 6.51. The lowest BCUT2D eigenvalue weighted by Crippen LogP contribution is -2.50. The molecule has 0 aromatic carbocycles. The highest BCUT2D eigenvalue weighted by Crippen LogP contribution is 2.61. The standard InChI is InChI=1S/C20H26O3/c1-14-7-10-20(3)16(18(21)22)5-4-6-17(20)19(14,2)11-8-15-9-12-23-13-15/h5,8-9,11-14,17H,4,6-7,10H2,1-3H3,(H,21,22). The summed E-state index contributed by atoms with van der Waals surface area (Å²) in [5.41, 5.74) is 1.46. The van der Waals surface area contributed by atoms with Gasteiger partial charge in [0.1, 0.15) is 0 Å². The molecule has 0 bridgehead atoms. The van der Waals surface area contributed by atoms with Crippen LogP contribution in [0.2, 0.25) is 0 Å². The molecule has 1 N–H and O–H groups in total. The van der Waals surface area contributed by atoms with Crippen LogP contribution in [0.1, 0.15) is 52.0 Å². The molecule has 1 aromatic rings. The number of rotatable bonds is 3. The minimum atomic E-state index is -0.743. The molecule has 3 heteroatoms. The number of fused-ring (bicyclic) bond motifs is 1. The second kappa shape index (κ2) is 5.70. The molecule has 1 fully saturated rings. The Labute approximate surface area is 138 Å². The first-order valence-corrected chi connectivity index (χ1v) is 8.53. The van der Waals surface area contributed by atoms with Gasteiger partial charge in [-0.25, -0.2) is 4.79 Å². The lowest BCUT2D eigenvalue weighted by Gasteiger charge is -2.56. The van der Waals surface area contributed by atoms with Gasteiger partial charge in [0.25, 0.3) is 0 Å². The zero-order chi connectivity index (χ0) is 16.7. The van der Waals surface area contributed by atoms with Crippen LogP contribution in [0.3, 0.4) is 0 Å². The zero-order valence-corrected chi connectivity index (χ0v) is 14.2. The Morgan fingerprint density at radius 2 is 2.17 bits per heavy atom. The third kappa shape index (κ3) is 2.56. The van der Waals surface area contributed by atoms with E-state index < -0.39 is 5.97 Å². The van der Waals surface area contributed by atoms with Crippen molar-refractivity contribution in [3.05, 3.63) is 41.9 Å². The van der Waals surface area contributed by atoms with Crippen molar-refractivity contribution in [2.24, 2.45) is 22.7 Å². The Bertz CT molecular complexity index is 640. The van der Waals surface area contributed by atoms with Crippen molar-refractivity contribution in [2.75, 3.05) is 0 Å². The van der Waals surface area contributed by atoms with Crippen LogP contribution < -0.4 is 0 Å². The van der Waals surface area contributed by atoms with E-state index in [1.807, 2.05) is 12.1 Å². The molecular weight excluding hydrogens is 288 g/mol. The van der Waals surface area contributed by atoms with Crippen LogP contribution in [0, 0.1) is 22.7 Å². The van der Waals surface area contributed by atoms with E-state index in [0.29, 0.717) is 17.4 Å². The fraction of sp³-hybridized carbons (Fsp3) is 0.550. The van der Waals surface area contributed by atoms with Gasteiger partial charge in [0.15, 0.2) is 0 Å². The summed E-state index contributed by atoms with van der Waals surface area (Å²) in [6, 6.07) is 1.95. The van der Waals surface area contributed by atoms with Gasteiger partial charge in [-0.1, -0.05) is 39.0 Å². The SMILES string of the molecule is CC1CCC2(C)C(C(=O)O)=CCCC2C1(C)C=Cc1ccoc1. The molecular formula is C20H26O3. The van der Waals surface area contributed by atoms with Crippen LogP contribution in [0.4, 0.5) is 0 Å². The van der Waals surface area contributed by atoms with Gasteiger partial charge in [-0.3, -0.25) is 0 Å². The summed E-state index contributed by atoms with van der Waals surface area (Å²) in [6.45, 7) is 6.77. The first-order chi connectivity index (χ1) is 10.9. The van der Waals surface area contributed by atoms with Crippen LogP contribution in [-0.4, -0.2) is 11.1 Å². The van der Waals surface area contributed by atoms with E-state index in [9.17, 15) is 9.90 Å². The Morgan fingerprint density at radius 3 is 2.83 bits per heavy atom. The average molecular weight is 314 g/mol. The highest BCUT2D eigenvalue weighted by Gasteiger charge is 2.54. The Kier molecular flexibility index (Phi) is 3.99. The van der Waals surface area contributed by atoms with Gasteiger partial charge in [0, 0.05) is 16.6 Å². The molecule has 2 aliphatic carbocycles. The molecule has 3 rings (SSSR count). The lowest BCUT2D eigenvalue weighted by molar-refractivity contribution is -0.136. The van der Waals surface area contributed by atoms with Gasteiger partial charge < -0.3 is 9.52 Å². The van der Waals surface area contributed by atoms with E-state index in [4.69, 9.17) is 4.42 Å². The fourth-order valence-electron chi connectivity index (χ4n) is 4.87. The molecule has 0 aliphatic heterocycles. The van der Waals surface area contributed by atoms with Gasteiger partial charge in [-0.05, 0) is 49.0 Å². The van der Waals surface area contributed by atoms with E-state index in [1.165, 1.54) is 0 Å². The second-order valence-corrected chi connectivity index (χ2v) is 7.67. The molecule has 4 unspecified atom stereocenters. The van der Waals surface area contributed by atoms with Gasteiger partial charge in [-0.2, -0.15) is 0 Å². The number of aliphatic carboxylic acids is 1. The molecule has 0 spiro atoms. The quantitative estimate of drug-likeness (QED) is 0.838. The highest BCUT2D eigenvalue weighted by atomic mass is 16.4. The molecule has 0 radical (unpaired) electrons. The van der Waals surface area contributed by atoms with Crippen molar-refractivity contribution < 1.29 is 14.3 Å². The van der Waals surface area contributed by atoms with Gasteiger partial charge in [0.05, 0.1) is 12.5 Å². The van der Waals surface area contributed by atoms with Gasteiger partial charge in [0.2, 0.25) is 0 Å². The van der Waals surface area contributed by atoms with E-state index in [0.717, 1.165) is 31.2 Å². The molecule has 1 heterocycles. The fourth-order valence-corrected chi connectivity index (χ4v) is 4.87. The van der Waals surface area contributed by atoms with Crippen molar-refractivity contribution in [2.45, 2.75) is 46.5 Å². The third-order valence-corrected chi connectivity index (χ3v) is 6.51. The smallest absolute Gasteiger partial charge is 0.331 e. The Morgan fingerprint density at radius 1 is 1.39 bits per heavy atom. The van der Waals surface area contributed by atoms with Crippen LogP contribution in [0.25, 0.3) is 6.08 Å². The number of carbonyl (C=O) groups is 1. The normalized spacial score (nSPS) is 37.4. The molecule has 1 aromatic heterocycles. The molecule has 1 saturated carbocycles. The molecule has 124 valence electrons. The van der Waals surface area contributed by atoms with Gasteiger partial charge >= 0.3 is 5.97 Å². The highest BCUT2D eigenvalue weighted by molar-refractivity contribution is 5.88. The van der Waals surface area contributed by atoms with E-state index >= 15 is 0 Å². The second-order valence-electron chi connectivity index (χ2n) is 7.67. The van der Waals surface area contributed by atoms with E-state index in [-0.39, 0.29) is 10.8 Å². The summed E-state index contributed by atoms with van der Waals surface area (Å²) in [6.07, 6.45) is 13.8. The first kappa shape index (κ1) is 16.1. The van der Waals surface area contributed by atoms with E-state index in [1.54, 1.807) is 12.5 Å². The minimum absolute atomic E-state index is 0.000764. The van der Waals surface area contributed by atoms with Crippen molar-refractivity contribution in [3.8, 4) is 0 Å². The average Bonchev–Trinajstić information content (AvgIpc) is 3.02. The van der Waals surface area contributed by atoms with Crippen LogP contribution in [0.5, 0.6) is 0 Å². The molecule has 4 atom stereocenters. The minimum Gasteiger partial charge on any atom is -0.478 e. The predicted molar refractivity (Wildman–Crippen MR) is 90.8 cm³/mol. The van der Waals surface area contributed by atoms with Crippen molar-refractivity contribution in [1.29, 1.82) is 0 Å². The number of hydrogen-bond acceptors (Lipinski definition) is 2. The summed E-state index contributed by atoms with van der Waals surface area (Å²) in [5, 5.41) is 9.66. The van der Waals surface area contributed by atoms with Crippen molar-refractivity contribution in [3.63, 3.8) is 0 Å².